The second-order valence-electron chi connectivity index (χ2n) is 8.02. The molecule has 162 valence electrons. The first-order valence-corrected chi connectivity index (χ1v) is 12.7. The summed E-state index contributed by atoms with van der Waals surface area (Å²) in [6.07, 6.45) is 0.0149. The summed E-state index contributed by atoms with van der Waals surface area (Å²) in [7, 11) is -1.85. The Labute approximate surface area is 184 Å². The van der Waals surface area contributed by atoms with Gasteiger partial charge in [-0.3, -0.25) is 4.90 Å². The topological polar surface area (TPSA) is 107 Å². The molecule has 9 nitrogen and oxygen atoms in total. The highest BCUT2D eigenvalue weighted by Crippen LogP contribution is 2.32. The first-order valence-electron chi connectivity index (χ1n) is 9.67. The van der Waals surface area contributed by atoms with E-state index < -0.39 is 32.8 Å². The van der Waals surface area contributed by atoms with Gasteiger partial charge in [-0.15, -0.1) is 10.2 Å². The van der Waals surface area contributed by atoms with E-state index in [1.807, 2.05) is 30.3 Å². The lowest BCUT2D eigenvalue weighted by molar-refractivity contribution is 0.0148. The van der Waals surface area contributed by atoms with Crippen molar-refractivity contribution in [2.75, 3.05) is 6.17 Å². The highest BCUT2D eigenvalue weighted by Gasteiger charge is 2.39. The van der Waals surface area contributed by atoms with Crippen LogP contribution >= 0.6 is 15.9 Å². The van der Waals surface area contributed by atoms with Gasteiger partial charge in [0.1, 0.15) is 18.2 Å². The van der Waals surface area contributed by atoms with Crippen molar-refractivity contribution in [1.29, 1.82) is 0 Å². The fraction of sp³-hybridized carbons (Fsp3) is 0.474. The third-order valence-electron chi connectivity index (χ3n) is 4.45. The van der Waals surface area contributed by atoms with Crippen LogP contribution in [0.5, 0.6) is 0 Å². The lowest BCUT2D eigenvalue weighted by Gasteiger charge is -2.37. The Morgan fingerprint density at radius 2 is 2.03 bits per heavy atom. The van der Waals surface area contributed by atoms with E-state index in [1.54, 1.807) is 25.7 Å². The first kappa shape index (κ1) is 22.3. The molecule has 2 atom stereocenters. The molecular formula is C19H25BrN4O5Si. The van der Waals surface area contributed by atoms with Crippen LogP contribution in [-0.2, 0) is 16.1 Å². The van der Waals surface area contributed by atoms with Gasteiger partial charge < -0.3 is 18.9 Å². The van der Waals surface area contributed by atoms with Crippen LogP contribution in [0.2, 0.25) is 6.04 Å². The summed E-state index contributed by atoms with van der Waals surface area (Å²) in [6.45, 7) is 5.62. The number of hydrogen-bond donors (Lipinski definition) is 1. The number of hydrogen-bond acceptors (Lipinski definition) is 7. The molecule has 1 fully saturated rings. The van der Waals surface area contributed by atoms with Crippen molar-refractivity contribution >= 4 is 37.1 Å². The van der Waals surface area contributed by atoms with E-state index in [2.05, 4.69) is 31.1 Å². The van der Waals surface area contributed by atoms with Gasteiger partial charge in [-0.2, -0.15) is 0 Å². The number of carbonyl (C=O) groups is 2. The molecule has 2 amide bonds. The fourth-order valence-corrected chi connectivity index (χ4v) is 5.83. The van der Waals surface area contributed by atoms with Gasteiger partial charge >= 0.3 is 12.2 Å². The van der Waals surface area contributed by atoms with Crippen LogP contribution in [0.1, 0.15) is 44.7 Å². The van der Waals surface area contributed by atoms with Crippen LogP contribution in [0.25, 0.3) is 0 Å². The maximum absolute atomic E-state index is 12.8. The molecule has 0 unspecified atom stereocenters. The number of benzene rings is 1. The van der Waals surface area contributed by atoms with Crippen LogP contribution < -0.4 is 4.98 Å². The van der Waals surface area contributed by atoms with Gasteiger partial charge in [0.2, 0.25) is 5.89 Å². The van der Waals surface area contributed by atoms with Crippen molar-refractivity contribution in [2.24, 2.45) is 0 Å². The van der Waals surface area contributed by atoms with Crippen molar-refractivity contribution < 1.29 is 23.5 Å². The zero-order valence-electron chi connectivity index (χ0n) is 17.1. The van der Waals surface area contributed by atoms with E-state index in [0.717, 1.165) is 11.6 Å². The molecule has 0 bridgehead atoms. The molecule has 11 heteroatoms. The Kier molecular flexibility index (Phi) is 7.13. The molecule has 1 aliphatic heterocycles. The first-order chi connectivity index (χ1) is 14.2. The maximum atomic E-state index is 12.8. The monoisotopic (exact) mass is 496 g/mol. The van der Waals surface area contributed by atoms with Crippen molar-refractivity contribution in [2.45, 2.75) is 51.5 Å². The highest BCUT2D eigenvalue weighted by molar-refractivity contribution is 9.10. The van der Waals surface area contributed by atoms with Gasteiger partial charge in [0.15, 0.2) is 8.96 Å². The smallest absolute Gasteiger partial charge is 0.410 e. The average molecular weight is 497 g/mol. The number of aromatic nitrogens is 2. The Morgan fingerprint density at radius 1 is 1.30 bits per heavy atom. The van der Waals surface area contributed by atoms with Gasteiger partial charge in [-0.25, -0.2) is 9.59 Å². The van der Waals surface area contributed by atoms with Crippen LogP contribution in [0.15, 0.2) is 39.5 Å². The SMILES string of the molecule is CC(C)(C)OC(=O)N1C[Si@@H](NC(=O)OCc2ccccc2)CC[C@@H]1c1nnc(Br)o1. The molecule has 0 radical (unpaired) electrons. The third kappa shape index (κ3) is 6.30. The van der Waals surface area contributed by atoms with E-state index in [4.69, 9.17) is 13.9 Å². The van der Waals surface area contributed by atoms with Gasteiger partial charge in [0, 0.05) is 22.1 Å². The molecule has 2 aromatic rings. The lowest BCUT2D eigenvalue weighted by atomic mass is 10.2. The van der Waals surface area contributed by atoms with Crippen LogP contribution in [0, 0.1) is 0 Å². The summed E-state index contributed by atoms with van der Waals surface area (Å²) in [5, 5.41) is 7.83. The van der Waals surface area contributed by atoms with Gasteiger partial charge in [-0.1, -0.05) is 30.3 Å². The predicted octanol–water partition coefficient (Wildman–Crippen LogP) is 3.70. The van der Waals surface area contributed by atoms with Crippen molar-refractivity contribution in [1.82, 2.24) is 20.1 Å². The Bertz CT molecular complexity index is 873. The molecule has 1 N–H and O–H groups in total. The molecule has 2 heterocycles. The minimum atomic E-state index is -1.85. The van der Waals surface area contributed by atoms with E-state index in [0.29, 0.717) is 18.5 Å². The zero-order chi connectivity index (χ0) is 21.7. The number of carbonyl (C=O) groups excluding carboxylic acids is 2. The van der Waals surface area contributed by atoms with E-state index >= 15 is 0 Å². The Hall–Kier alpha value is -2.40. The molecule has 0 aliphatic carbocycles. The molecule has 3 rings (SSSR count). The molecular weight excluding hydrogens is 472 g/mol. The van der Waals surface area contributed by atoms with Crippen LogP contribution in [-0.4, -0.2) is 48.0 Å². The number of nitrogens with one attached hydrogen (secondary N) is 1. The van der Waals surface area contributed by atoms with E-state index in [9.17, 15) is 9.59 Å². The van der Waals surface area contributed by atoms with Crippen LogP contribution in [0.4, 0.5) is 9.59 Å². The summed E-state index contributed by atoms with van der Waals surface area (Å²) in [5.74, 6) is 0.340. The number of nitrogens with zero attached hydrogens (tertiary/aromatic N) is 3. The number of amides is 2. The molecule has 0 spiro atoms. The van der Waals surface area contributed by atoms with Crippen LogP contribution in [0.3, 0.4) is 0 Å². The highest BCUT2D eigenvalue weighted by atomic mass is 79.9. The summed E-state index contributed by atoms with van der Waals surface area (Å²) in [6, 6.07) is 9.82. The van der Waals surface area contributed by atoms with Gasteiger partial charge in [0.25, 0.3) is 4.80 Å². The summed E-state index contributed by atoms with van der Waals surface area (Å²) >= 11 is 3.15. The Balaban J connectivity index is 1.63. The van der Waals surface area contributed by atoms with Gasteiger partial charge in [-0.05, 0) is 38.8 Å². The quantitative estimate of drug-likeness (QED) is 0.642. The van der Waals surface area contributed by atoms with E-state index in [-0.39, 0.29) is 11.4 Å². The molecule has 0 saturated carbocycles. The fourth-order valence-electron chi connectivity index (χ4n) is 3.15. The third-order valence-corrected chi connectivity index (χ3v) is 7.27. The minimum Gasteiger partial charge on any atom is -0.445 e. The number of halogens is 1. The second-order valence-corrected chi connectivity index (χ2v) is 11.3. The summed E-state index contributed by atoms with van der Waals surface area (Å²) in [4.78, 5) is 29.9. The maximum Gasteiger partial charge on any atom is 0.410 e. The molecule has 30 heavy (non-hydrogen) atoms. The predicted molar refractivity (Wildman–Crippen MR) is 114 cm³/mol. The number of ether oxygens (including phenoxy) is 2. The number of rotatable bonds is 4. The Morgan fingerprint density at radius 3 is 2.67 bits per heavy atom. The zero-order valence-corrected chi connectivity index (χ0v) is 19.9. The lowest BCUT2D eigenvalue weighted by Crippen LogP contribution is -2.54. The molecule has 1 saturated heterocycles. The average Bonchev–Trinajstić information content (AvgIpc) is 3.12. The van der Waals surface area contributed by atoms with Crippen molar-refractivity contribution in [3.8, 4) is 0 Å². The standard InChI is InChI=1S/C19H25BrN4O5Si/c1-19(2,3)29-18(26)24-12-30(10-9-14(24)15-21-22-16(20)28-15)23-17(25)27-11-13-7-5-4-6-8-13/h4-8,14,30H,9-12H2,1-3H3,(H,23,25)/t14-,30+/m1/s1. The van der Waals surface area contributed by atoms with Crippen molar-refractivity contribution in [3.63, 3.8) is 0 Å². The normalized spacial score (nSPS) is 19.3. The van der Waals surface area contributed by atoms with Gasteiger partial charge in [0.05, 0.1) is 0 Å². The molecule has 1 aliphatic rings. The van der Waals surface area contributed by atoms with Crippen molar-refractivity contribution in [3.05, 3.63) is 46.6 Å². The molecule has 1 aromatic heterocycles. The largest absolute Gasteiger partial charge is 0.445 e. The summed E-state index contributed by atoms with van der Waals surface area (Å²) < 4.78 is 16.4. The van der Waals surface area contributed by atoms with E-state index in [1.165, 1.54) is 0 Å². The molecule has 1 aromatic carbocycles. The minimum absolute atomic E-state index is 0.197. The summed E-state index contributed by atoms with van der Waals surface area (Å²) in [5.41, 5.74) is 0.267. The second kappa shape index (κ2) is 9.60.